The second-order valence-corrected chi connectivity index (χ2v) is 3.73. The molecule has 0 saturated heterocycles. The Labute approximate surface area is 74.9 Å². The average Bonchev–Trinajstić information content (AvgIpc) is 1.98. The first kappa shape index (κ1) is 11.6. The molecular formula is C9H20NO2+. The lowest BCUT2D eigenvalue weighted by Gasteiger charge is -2.27. The lowest BCUT2D eigenvalue weighted by molar-refractivity contribution is -0.888. The largest absolute Gasteiger partial charge is 0.368 e. The van der Waals surface area contributed by atoms with E-state index in [4.69, 9.17) is 4.74 Å². The summed E-state index contributed by atoms with van der Waals surface area (Å²) in [6.07, 6.45) is 0. The highest BCUT2D eigenvalue weighted by molar-refractivity contribution is 5.76. The number of nitrogens with zero attached hydrogens (tertiary/aromatic N) is 1. The van der Waals surface area contributed by atoms with Gasteiger partial charge in [-0.2, -0.15) is 0 Å². The minimum Gasteiger partial charge on any atom is -0.368 e. The Balaban J connectivity index is 3.37. The molecule has 72 valence electrons. The van der Waals surface area contributed by atoms with Crippen LogP contribution < -0.4 is 0 Å². The molecule has 0 aliphatic carbocycles. The Hall–Kier alpha value is -0.410. The van der Waals surface area contributed by atoms with Crippen LogP contribution in [0, 0.1) is 0 Å². The van der Waals surface area contributed by atoms with Crippen molar-refractivity contribution >= 4 is 5.78 Å². The van der Waals surface area contributed by atoms with Crippen molar-refractivity contribution in [3.05, 3.63) is 0 Å². The molecule has 0 aromatic rings. The predicted molar refractivity (Wildman–Crippen MR) is 49.0 cm³/mol. The van der Waals surface area contributed by atoms with Crippen molar-refractivity contribution in [2.24, 2.45) is 0 Å². The van der Waals surface area contributed by atoms with Crippen LogP contribution in [0.2, 0.25) is 0 Å². The molecule has 0 spiro atoms. The van der Waals surface area contributed by atoms with Gasteiger partial charge in [-0.25, -0.2) is 0 Å². The third kappa shape index (κ3) is 6.31. The molecule has 0 radical (unpaired) electrons. The van der Waals surface area contributed by atoms with Crippen LogP contribution in [0.15, 0.2) is 0 Å². The van der Waals surface area contributed by atoms with Gasteiger partial charge in [0.05, 0.1) is 27.2 Å². The zero-order chi connectivity index (χ0) is 9.61. The predicted octanol–water partition coefficient (Wildman–Crippen LogP) is 0.688. The number of carbonyl (C=O) groups is 1. The second-order valence-electron chi connectivity index (χ2n) is 3.73. The molecule has 0 aromatic heterocycles. The van der Waals surface area contributed by atoms with E-state index in [0.29, 0.717) is 6.61 Å². The highest BCUT2D eigenvalue weighted by Gasteiger charge is 2.10. The van der Waals surface area contributed by atoms with Crippen LogP contribution in [0.1, 0.15) is 13.8 Å². The number of quaternary nitrogens is 1. The van der Waals surface area contributed by atoms with Gasteiger partial charge in [0, 0.05) is 0 Å². The van der Waals surface area contributed by atoms with E-state index in [0.717, 1.165) is 17.6 Å². The van der Waals surface area contributed by atoms with Gasteiger partial charge < -0.3 is 9.22 Å². The first-order chi connectivity index (χ1) is 5.48. The summed E-state index contributed by atoms with van der Waals surface area (Å²) in [7, 11) is 4.30. The van der Waals surface area contributed by atoms with Gasteiger partial charge in [-0.1, -0.05) is 0 Å². The van der Waals surface area contributed by atoms with Crippen molar-refractivity contribution in [1.82, 2.24) is 0 Å². The Kier molecular flexibility index (Phi) is 5.09. The summed E-state index contributed by atoms with van der Waals surface area (Å²) in [4.78, 5) is 10.5. The van der Waals surface area contributed by atoms with E-state index in [-0.39, 0.29) is 12.4 Å². The van der Waals surface area contributed by atoms with Gasteiger partial charge in [0.1, 0.15) is 13.2 Å². The molecule has 12 heavy (non-hydrogen) atoms. The van der Waals surface area contributed by atoms with Crippen molar-refractivity contribution in [3.63, 3.8) is 0 Å². The van der Waals surface area contributed by atoms with E-state index in [9.17, 15) is 4.79 Å². The van der Waals surface area contributed by atoms with Gasteiger partial charge in [0.15, 0.2) is 5.78 Å². The van der Waals surface area contributed by atoms with Crippen LogP contribution in [0.5, 0.6) is 0 Å². The van der Waals surface area contributed by atoms with Crippen molar-refractivity contribution < 1.29 is 14.0 Å². The zero-order valence-electron chi connectivity index (χ0n) is 8.59. The van der Waals surface area contributed by atoms with E-state index in [2.05, 4.69) is 21.0 Å². The summed E-state index contributed by atoms with van der Waals surface area (Å²) < 4.78 is 6.11. The van der Waals surface area contributed by atoms with Crippen molar-refractivity contribution in [3.8, 4) is 0 Å². The van der Waals surface area contributed by atoms with Crippen LogP contribution in [0.25, 0.3) is 0 Å². The van der Waals surface area contributed by atoms with E-state index in [1.54, 1.807) is 6.92 Å². The monoisotopic (exact) mass is 174 g/mol. The molecule has 0 amide bonds. The molecule has 0 fully saturated rings. The molecule has 0 bridgehead atoms. The Morgan fingerprint density at radius 2 is 2.00 bits per heavy atom. The van der Waals surface area contributed by atoms with Gasteiger partial charge in [-0.3, -0.25) is 4.79 Å². The molecule has 0 aliphatic heterocycles. The maximum absolute atomic E-state index is 10.5. The first-order valence-electron chi connectivity index (χ1n) is 4.37. The summed E-state index contributed by atoms with van der Waals surface area (Å²) in [6, 6.07) is 0. The highest BCUT2D eigenvalue weighted by atomic mass is 16.5. The molecular weight excluding hydrogens is 154 g/mol. The maximum Gasteiger partial charge on any atom is 0.155 e. The Bertz CT molecular complexity index is 143. The Morgan fingerprint density at radius 3 is 2.42 bits per heavy atom. The molecule has 0 rings (SSSR count). The van der Waals surface area contributed by atoms with Crippen LogP contribution in [0.3, 0.4) is 0 Å². The fraction of sp³-hybridized carbons (Fsp3) is 0.889. The zero-order valence-corrected chi connectivity index (χ0v) is 8.59. The lowest BCUT2D eigenvalue weighted by Crippen LogP contribution is -2.42. The van der Waals surface area contributed by atoms with Gasteiger partial charge in [-0.15, -0.1) is 0 Å². The highest BCUT2D eigenvalue weighted by Crippen LogP contribution is 1.94. The van der Waals surface area contributed by atoms with Gasteiger partial charge in [0.25, 0.3) is 0 Å². The van der Waals surface area contributed by atoms with E-state index in [1.807, 2.05) is 0 Å². The summed E-state index contributed by atoms with van der Waals surface area (Å²) in [5.74, 6) is 0.0943. The average molecular weight is 174 g/mol. The topological polar surface area (TPSA) is 26.3 Å². The molecule has 0 atom stereocenters. The molecule has 0 N–H and O–H groups in total. The van der Waals surface area contributed by atoms with Gasteiger partial charge in [0.2, 0.25) is 0 Å². The normalized spacial score (nSPS) is 11.7. The minimum atomic E-state index is 0.0943. The van der Waals surface area contributed by atoms with Crippen molar-refractivity contribution in [2.75, 3.05) is 40.4 Å². The number of hydrogen-bond acceptors (Lipinski definition) is 2. The summed E-state index contributed by atoms with van der Waals surface area (Å²) in [6.45, 7) is 6.65. The van der Waals surface area contributed by atoms with Crippen molar-refractivity contribution in [1.29, 1.82) is 0 Å². The SMILES string of the molecule is CC[N+](C)(C)CCOCC(C)=O. The number of ketones is 1. The molecule has 3 heteroatoms. The van der Waals surface area contributed by atoms with Gasteiger partial charge >= 0.3 is 0 Å². The summed E-state index contributed by atoms with van der Waals surface area (Å²) in [5, 5.41) is 0. The van der Waals surface area contributed by atoms with Crippen LogP contribution in [0.4, 0.5) is 0 Å². The number of likely N-dealkylation sites (N-methyl/N-ethyl adjacent to an activating group) is 1. The van der Waals surface area contributed by atoms with E-state index in [1.165, 1.54) is 0 Å². The quantitative estimate of drug-likeness (QED) is 0.437. The third-order valence-corrected chi connectivity index (χ3v) is 2.00. The third-order valence-electron chi connectivity index (χ3n) is 2.00. The number of Topliss-reactive ketones (excluding diaryl/α,β-unsaturated/α-hetero) is 1. The minimum absolute atomic E-state index is 0.0943. The van der Waals surface area contributed by atoms with Crippen molar-refractivity contribution in [2.45, 2.75) is 13.8 Å². The van der Waals surface area contributed by atoms with Crippen LogP contribution in [-0.4, -0.2) is 50.7 Å². The standard InChI is InChI=1S/C9H20NO2/c1-5-10(3,4)6-7-12-8-9(2)11/h5-8H2,1-4H3/q+1. The molecule has 3 nitrogen and oxygen atoms in total. The van der Waals surface area contributed by atoms with E-state index < -0.39 is 0 Å². The summed E-state index contributed by atoms with van der Waals surface area (Å²) in [5.41, 5.74) is 0. The number of carbonyl (C=O) groups excluding carboxylic acids is 1. The maximum atomic E-state index is 10.5. The lowest BCUT2D eigenvalue weighted by atomic mass is 10.4. The van der Waals surface area contributed by atoms with E-state index >= 15 is 0 Å². The molecule has 0 aliphatic rings. The first-order valence-corrected chi connectivity index (χ1v) is 4.37. The molecule has 0 aromatic carbocycles. The smallest absolute Gasteiger partial charge is 0.155 e. The number of ether oxygens (including phenoxy) is 1. The molecule has 0 heterocycles. The van der Waals surface area contributed by atoms with Gasteiger partial charge in [-0.05, 0) is 13.8 Å². The van der Waals surface area contributed by atoms with Crippen LogP contribution >= 0.6 is 0 Å². The second kappa shape index (κ2) is 5.27. The fourth-order valence-corrected chi connectivity index (χ4v) is 0.686. The molecule has 0 unspecified atom stereocenters. The molecule has 0 saturated carbocycles. The van der Waals surface area contributed by atoms with Crippen LogP contribution in [-0.2, 0) is 9.53 Å². The summed E-state index contributed by atoms with van der Waals surface area (Å²) >= 11 is 0. The number of rotatable bonds is 6. The Morgan fingerprint density at radius 1 is 1.42 bits per heavy atom. The number of hydrogen-bond donors (Lipinski definition) is 0. The fourth-order valence-electron chi connectivity index (χ4n) is 0.686.